The maximum absolute atomic E-state index is 2.42. The van der Waals surface area contributed by atoms with Crippen LogP contribution < -0.4 is 0 Å². The molecule has 2 unspecified atom stereocenters. The molecule has 0 saturated heterocycles. The zero-order chi connectivity index (χ0) is 7.35. The molecule has 0 aromatic carbocycles. The Kier molecular flexibility index (Phi) is 1.13. The molecule has 2 atom stereocenters. The normalized spacial score (nSPS) is 42.9. The first-order valence-electron chi connectivity index (χ1n) is 4.46. The average Bonchev–Trinajstić information content (AvgIpc) is 2.37. The summed E-state index contributed by atoms with van der Waals surface area (Å²) >= 11 is 0. The van der Waals surface area contributed by atoms with Crippen molar-refractivity contribution in [3.8, 4) is 0 Å². The first kappa shape index (κ1) is 6.57. The summed E-state index contributed by atoms with van der Waals surface area (Å²) in [4.78, 5) is 0. The second kappa shape index (κ2) is 1.72. The summed E-state index contributed by atoms with van der Waals surface area (Å²) in [5.41, 5.74) is 0.586. The highest BCUT2D eigenvalue weighted by Crippen LogP contribution is 2.60. The second-order valence-corrected chi connectivity index (χ2v) is 4.61. The van der Waals surface area contributed by atoms with E-state index in [1.54, 1.807) is 5.92 Å². The summed E-state index contributed by atoms with van der Waals surface area (Å²) in [6.45, 7) is 7.21. The molecule has 0 amide bonds. The molecule has 0 heterocycles. The fourth-order valence-corrected chi connectivity index (χ4v) is 2.88. The highest BCUT2D eigenvalue weighted by atomic mass is 14.5. The highest BCUT2D eigenvalue weighted by Gasteiger charge is 2.59. The maximum Gasteiger partial charge on any atom is 0.108 e. The molecule has 0 radical (unpaired) electrons. The van der Waals surface area contributed by atoms with Crippen molar-refractivity contribution in [2.75, 3.05) is 0 Å². The molecule has 2 fully saturated rings. The quantitative estimate of drug-likeness (QED) is 0.450. The molecule has 10 heavy (non-hydrogen) atoms. The van der Waals surface area contributed by atoms with Gasteiger partial charge in [0.2, 0.25) is 0 Å². The third kappa shape index (κ3) is 0.601. The van der Waals surface area contributed by atoms with Crippen molar-refractivity contribution < 1.29 is 0 Å². The van der Waals surface area contributed by atoms with Gasteiger partial charge in [0.15, 0.2) is 0 Å². The molecule has 0 aromatic heterocycles. The number of rotatable bonds is 0. The van der Waals surface area contributed by atoms with Gasteiger partial charge < -0.3 is 0 Å². The molecule has 0 N–H and O–H groups in total. The lowest BCUT2D eigenvalue weighted by molar-refractivity contribution is 0.249. The van der Waals surface area contributed by atoms with Crippen molar-refractivity contribution in [1.82, 2.24) is 0 Å². The topological polar surface area (TPSA) is 0 Å². The predicted octanol–water partition coefficient (Wildman–Crippen LogP) is 3.04. The molecule has 0 heteroatoms. The summed E-state index contributed by atoms with van der Waals surface area (Å²) in [6, 6.07) is 0. The molecule has 2 bridgehead atoms. The van der Waals surface area contributed by atoms with Crippen molar-refractivity contribution in [1.29, 1.82) is 0 Å². The minimum Gasteiger partial charge on any atom is -0.0413 e. The number of hydrogen-bond donors (Lipinski definition) is 0. The van der Waals surface area contributed by atoms with Crippen LogP contribution in [0.4, 0.5) is 0 Å². The van der Waals surface area contributed by atoms with Crippen LogP contribution in [0, 0.1) is 23.2 Å². The second-order valence-electron chi connectivity index (χ2n) is 4.61. The Bertz CT molecular complexity index is 142. The molecular formula is C10H17+. The van der Waals surface area contributed by atoms with E-state index in [1.807, 2.05) is 0 Å². The maximum atomic E-state index is 2.42. The van der Waals surface area contributed by atoms with E-state index in [9.17, 15) is 0 Å². The molecule has 56 valence electrons. The van der Waals surface area contributed by atoms with Gasteiger partial charge in [-0.3, -0.25) is 0 Å². The third-order valence-electron chi connectivity index (χ3n) is 4.08. The van der Waals surface area contributed by atoms with Gasteiger partial charge in [-0.05, 0) is 33.1 Å². The molecular weight excluding hydrogens is 120 g/mol. The third-order valence-corrected chi connectivity index (χ3v) is 4.08. The van der Waals surface area contributed by atoms with Gasteiger partial charge in [0.25, 0.3) is 0 Å². The van der Waals surface area contributed by atoms with E-state index < -0.39 is 0 Å². The van der Waals surface area contributed by atoms with E-state index in [1.165, 1.54) is 19.3 Å². The first-order chi connectivity index (χ1) is 4.62. The van der Waals surface area contributed by atoms with Crippen LogP contribution >= 0.6 is 0 Å². The van der Waals surface area contributed by atoms with Gasteiger partial charge in [0.1, 0.15) is 11.3 Å². The summed E-state index contributed by atoms with van der Waals surface area (Å²) < 4.78 is 0. The Morgan fingerprint density at radius 2 is 2.00 bits per heavy atom. The van der Waals surface area contributed by atoms with Crippen LogP contribution in [0.25, 0.3) is 0 Å². The minimum absolute atomic E-state index is 0.586. The van der Waals surface area contributed by atoms with Crippen LogP contribution in [0.3, 0.4) is 0 Å². The lowest BCUT2D eigenvalue weighted by Gasteiger charge is -2.26. The Labute approximate surface area is 64.0 Å². The molecule has 2 aliphatic carbocycles. The smallest absolute Gasteiger partial charge is 0.0413 e. The van der Waals surface area contributed by atoms with Gasteiger partial charge in [-0.1, -0.05) is 0 Å². The Morgan fingerprint density at radius 1 is 1.30 bits per heavy atom. The van der Waals surface area contributed by atoms with Crippen molar-refractivity contribution in [3.05, 3.63) is 5.92 Å². The molecule has 0 spiro atoms. The number of hydrogen-bond acceptors (Lipinski definition) is 0. The molecule has 0 aliphatic heterocycles. The van der Waals surface area contributed by atoms with Crippen molar-refractivity contribution in [3.63, 3.8) is 0 Å². The van der Waals surface area contributed by atoms with E-state index in [0.717, 1.165) is 11.8 Å². The fourth-order valence-electron chi connectivity index (χ4n) is 2.88. The van der Waals surface area contributed by atoms with E-state index in [-0.39, 0.29) is 0 Å². The Balaban J connectivity index is 2.25. The molecule has 2 rings (SSSR count). The lowest BCUT2D eigenvalue weighted by Crippen LogP contribution is -2.26. The zero-order valence-corrected chi connectivity index (χ0v) is 7.28. The average molecular weight is 137 g/mol. The van der Waals surface area contributed by atoms with E-state index >= 15 is 0 Å². The molecule has 0 aromatic rings. The van der Waals surface area contributed by atoms with Gasteiger partial charge in [-0.25, -0.2) is 0 Å². The van der Waals surface area contributed by atoms with Crippen LogP contribution in [0.5, 0.6) is 0 Å². The molecule has 2 aliphatic rings. The largest absolute Gasteiger partial charge is 0.108 e. The standard InChI is InChI=1S/C10H17/c1-7-8-4-5-9(6-8)10(7,2)3/h8-9H,4-6H2,1-3H3/q+1. The van der Waals surface area contributed by atoms with Gasteiger partial charge in [-0.2, -0.15) is 0 Å². The Morgan fingerprint density at radius 3 is 2.30 bits per heavy atom. The Hall–Kier alpha value is -0.130. The van der Waals surface area contributed by atoms with Crippen LogP contribution in [0.1, 0.15) is 40.0 Å². The summed E-state index contributed by atoms with van der Waals surface area (Å²) in [6.07, 6.45) is 4.48. The highest BCUT2D eigenvalue weighted by molar-refractivity contribution is 5.16. The predicted molar refractivity (Wildman–Crippen MR) is 43.5 cm³/mol. The molecule has 0 nitrogen and oxygen atoms in total. The zero-order valence-electron chi connectivity index (χ0n) is 7.28. The van der Waals surface area contributed by atoms with Crippen LogP contribution in [0.15, 0.2) is 0 Å². The van der Waals surface area contributed by atoms with Crippen molar-refractivity contribution in [2.24, 2.45) is 17.3 Å². The van der Waals surface area contributed by atoms with Gasteiger partial charge in [0.05, 0.1) is 12.8 Å². The monoisotopic (exact) mass is 137 g/mol. The van der Waals surface area contributed by atoms with Crippen molar-refractivity contribution >= 4 is 0 Å². The summed E-state index contributed by atoms with van der Waals surface area (Å²) in [5.74, 6) is 3.81. The minimum atomic E-state index is 0.586. The van der Waals surface area contributed by atoms with Crippen LogP contribution in [0.2, 0.25) is 0 Å². The van der Waals surface area contributed by atoms with Gasteiger partial charge >= 0.3 is 0 Å². The number of fused-ring (bicyclic) bond motifs is 2. The van der Waals surface area contributed by atoms with Crippen LogP contribution in [-0.4, -0.2) is 0 Å². The van der Waals surface area contributed by atoms with E-state index in [2.05, 4.69) is 20.8 Å². The fraction of sp³-hybridized carbons (Fsp3) is 0.900. The molecule has 2 saturated carbocycles. The van der Waals surface area contributed by atoms with Crippen molar-refractivity contribution in [2.45, 2.75) is 40.0 Å². The lowest BCUT2D eigenvalue weighted by atomic mass is 9.70. The van der Waals surface area contributed by atoms with Gasteiger partial charge in [-0.15, -0.1) is 0 Å². The van der Waals surface area contributed by atoms with E-state index in [4.69, 9.17) is 0 Å². The SMILES string of the molecule is C[C+]1C2CCC(C2)C1(C)C. The van der Waals surface area contributed by atoms with Gasteiger partial charge in [0, 0.05) is 5.92 Å². The summed E-state index contributed by atoms with van der Waals surface area (Å²) in [7, 11) is 0. The van der Waals surface area contributed by atoms with Crippen LogP contribution in [-0.2, 0) is 0 Å². The van der Waals surface area contributed by atoms with E-state index in [0.29, 0.717) is 5.41 Å². The first-order valence-corrected chi connectivity index (χ1v) is 4.46. The summed E-state index contributed by atoms with van der Waals surface area (Å²) in [5, 5.41) is 0.